The molecule has 2 heterocycles. The van der Waals surface area contributed by atoms with Gasteiger partial charge in [-0.1, -0.05) is 0 Å². The zero-order valence-electron chi connectivity index (χ0n) is 11.5. The highest BCUT2D eigenvalue weighted by molar-refractivity contribution is 5.85. The Morgan fingerprint density at radius 3 is 3.05 bits per heavy atom. The molecule has 0 aliphatic carbocycles. The van der Waals surface area contributed by atoms with Gasteiger partial charge in [0, 0.05) is 24.5 Å². The van der Waals surface area contributed by atoms with Gasteiger partial charge in [-0.25, -0.2) is 0 Å². The van der Waals surface area contributed by atoms with Crippen LogP contribution in [0.15, 0.2) is 18.5 Å². The fraction of sp³-hybridized carbons (Fsp3) is 0.692. The zero-order valence-corrected chi connectivity index (χ0v) is 12.3. The van der Waals surface area contributed by atoms with Crippen molar-refractivity contribution in [2.75, 3.05) is 6.54 Å². The van der Waals surface area contributed by atoms with E-state index in [2.05, 4.69) is 22.7 Å². The predicted molar refractivity (Wildman–Crippen MR) is 77.3 cm³/mol. The van der Waals surface area contributed by atoms with Crippen molar-refractivity contribution in [3.8, 4) is 0 Å². The van der Waals surface area contributed by atoms with Crippen LogP contribution in [0.3, 0.4) is 0 Å². The van der Waals surface area contributed by atoms with E-state index >= 15 is 0 Å². The third-order valence-electron chi connectivity index (χ3n) is 3.51. The summed E-state index contributed by atoms with van der Waals surface area (Å²) in [4.78, 5) is 12.2. The van der Waals surface area contributed by atoms with Gasteiger partial charge < -0.3 is 10.6 Å². The molecule has 2 N–H and O–H groups in total. The van der Waals surface area contributed by atoms with Gasteiger partial charge in [0.1, 0.15) is 0 Å². The molecule has 108 valence electrons. The number of carbonyl (C=O) groups is 1. The van der Waals surface area contributed by atoms with Crippen molar-refractivity contribution in [2.24, 2.45) is 5.92 Å². The first-order chi connectivity index (χ1) is 8.66. The topological polar surface area (TPSA) is 59.0 Å². The molecule has 1 aromatic heterocycles. The quantitative estimate of drug-likeness (QED) is 0.874. The van der Waals surface area contributed by atoms with Crippen LogP contribution >= 0.6 is 12.4 Å². The number of carbonyl (C=O) groups excluding carboxylic acids is 1. The van der Waals surface area contributed by atoms with E-state index in [1.807, 2.05) is 23.9 Å². The second-order valence-electron chi connectivity index (χ2n) is 5.13. The van der Waals surface area contributed by atoms with Gasteiger partial charge in [-0.3, -0.25) is 9.48 Å². The summed E-state index contributed by atoms with van der Waals surface area (Å²) in [6, 6.07) is 2.27. The van der Waals surface area contributed by atoms with Crippen molar-refractivity contribution in [2.45, 2.75) is 45.3 Å². The first-order valence-corrected chi connectivity index (χ1v) is 6.68. The minimum Gasteiger partial charge on any atom is -0.351 e. The van der Waals surface area contributed by atoms with E-state index in [4.69, 9.17) is 0 Å². The monoisotopic (exact) mass is 286 g/mol. The number of nitrogens with zero attached hydrogens (tertiary/aromatic N) is 2. The standard InChI is InChI=1S/C13H22N4O.ClH/c1-10(9-17-8-4-7-15-17)16-13(18)12-5-3-6-14-11(12)2;/h4,7-8,10-12,14H,3,5-6,9H2,1-2H3,(H,16,18);1H. The van der Waals surface area contributed by atoms with Crippen LogP contribution in [0.1, 0.15) is 26.7 Å². The van der Waals surface area contributed by atoms with Crippen molar-refractivity contribution in [1.29, 1.82) is 0 Å². The summed E-state index contributed by atoms with van der Waals surface area (Å²) in [5, 5.41) is 10.6. The summed E-state index contributed by atoms with van der Waals surface area (Å²) in [7, 11) is 0. The van der Waals surface area contributed by atoms with Gasteiger partial charge in [0.15, 0.2) is 0 Å². The Bertz CT molecular complexity index is 382. The molecular formula is C13H23ClN4O. The minimum atomic E-state index is 0. The maximum Gasteiger partial charge on any atom is 0.224 e. The zero-order chi connectivity index (χ0) is 13.0. The molecule has 1 fully saturated rings. The third kappa shape index (κ3) is 4.51. The largest absolute Gasteiger partial charge is 0.351 e. The maximum absolute atomic E-state index is 12.2. The SMILES string of the molecule is CC(Cn1cccn1)NC(=O)C1CCCNC1C.Cl. The van der Waals surface area contributed by atoms with Gasteiger partial charge in [-0.2, -0.15) is 5.10 Å². The van der Waals surface area contributed by atoms with Crippen LogP contribution in [0.25, 0.3) is 0 Å². The summed E-state index contributed by atoms with van der Waals surface area (Å²) in [5.41, 5.74) is 0. The van der Waals surface area contributed by atoms with Gasteiger partial charge in [0.2, 0.25) is 5.91 Å². The lowest BCUT2D eigenvalue weighted by Gasteiger charge is -2.30. The Morgan fingerprint density at radius 1 is 1.63 bits per heavy atom. The molecule has 0 spiro atoms. The Balaban J connectivity index is 0.00000180. The third-order valence-corrected chi connectivity index (χ3v) is 3.51. The molecule has 1 aromatic rings. The summed E-state index contributed by atoms with van der Waals surface area (Å²) in [5.74, 6) is 0.258. The molecule has 1 aliphatic heterocycles. The summed E-state index contributed by atoms with van der Waals surface area (Å²) >= 11 is 0. The first kappa shape index (κ1) is 16.0. The number of piperidine rings is 1. The van der Waals surface area contributed by atoms with Crippen LogP contribution in [0.2, 0.25) is 0 Å². The van der Waals surface area contributed by atoms with E-state index < -0.39 is 0 Å². The second kappa shape index (κ2) is 7.50. The van der Waals surface area contributed by atoms with E-state index in [9.17, 15) is 4.79 Å². The average Bonchev–Trinajstić information content (AvgIpc) is 2.82. The first-order valence-electron chi connectivity index (χ1n) is 6.68. The fourth-order valence-corrected chi connectivity index (χ4v) is 2.49. The Morgan fingerprint density at radius 2 is 2.42 bits per heavy atom. The number of hydrogen-bond acceptors (Lipinski definition) is 3. The van der Waals surface area contributed by atoms with Crippen LogP contribution in [0.4, 0.5) is 0 Å². The maximum atomic E-state index is 12.2. The van der Waals surface area contributed by atoms with Gasteiger partial charge in [-0.15, -0.1) is 12.4 Å². The number of aromatic nitrogens is 2. The normalized spacial score (nSPS) is 24.3. The lowest BCUT2D eigenvalue weighted by Crippen LogP contribution is -2.49. The van der Waals surface area contributed by atoms with E-state index in [1.54, 1.807) is 6.20 Å². The van der Waals surface area contributed by atoms with E-state index in [1.165, 1.54) is 0 Å². The fourth-order valence-electron chi connectivity index (χ4n) is 2.49. The van der Waals surface area contributed by atoms with Crippen molar-refractivity contribution in [3.05, 3.63) is 18.5 Å². The lowest BCUT2D eigenvalue weighted by atomic mass is 9.91. The molecule has 0 aromatic carbocycles. The van der Waals surface area contributed by atoms with Crippen molar-refractivity contribution < 1.29 is 4.79 Å². The van der Waals surface area contributed by atoms with Crippen LogP contribution in [-0.2, 0) is 11.3 Å². The van der Waals surface area contributed by atoms with E-state index in [0.29, 0.717) is 6.54 Å². The molecule has 5 nitrogen and oxygen atoms in total. The summed E-state index contributed by atoms with van der Waals surface area (Å²) in [6.45, 7) is 5.84. The number of rotatable bonds is 4. The second-order valence-corrected chi connectivity index (χ2v) is 5.13. The smallest absolute Gasteiger partial charge is 0.224 e. The van der Waals surface area contributed by atoms with Gasteiger partial charge in [0.25, 0.3) is 0 Å². The molecule has 2 rings (SSSR count). The Hall–Kier alpha value is -1.07. The highest BCUT2D eigenvalue weighted by Crippen LogP contribution is 2.16. The lowest BCUT2D eigenvalue weighted by molar-refractivity contribution is -0.127. The molecule has 1 aliphatic rings. The molecule has 1 amide bonds. The van der Waals surface area contributed by atoms with E-state index in [0.717, 1.165) is 19.4 Å². The van der Waals surface area contributed by atoms with Crippen molar-refractivity contribution in [1.82, 2.24) is 20.4 Å². The van der Waals surface area contributed by atoms with Crippen LogP contribution < -0.4 is 10.6 Å². The average molecular weight is 287 g/mol. The molecule has 0 bridgehead atoms. The van der Waals surface area contributed by atoms with Crippen LogP contribution in [0, 0.1) is 5.92 Å². The molecular weight excluding hydrogens is 264 g/mol. The van der Waals surface area contributed by atoms with Crippen LogP contribution in [0.5, 0.6) is 0 Å². The highest BCUT2D eigenvalue weighted by atomic mass is 35.5. The minimum absolute atomic E-state index is 0. The Kier molecular flexibility index (Phi) is 6.31. The summed E-state index contributed by atoms with van der Waals surface area (Å²) < 4.78 is 1.84. The van der Waals surface area contributed by atoms with Crippen molar-refractivity contribution in [3.63, 3.8) is 0 Å². The van der Waals surface area contributed by atoms with Crippen LogP contribution in [-0.4, -0.2) is 34.3 Å². The number of amides is 1. The molecule has 3 unspecified atom stereocenters. The number of hydrogen-bond donors (Lipinski definition) is 2. The summed E-state index contributed by atoms with van der Waals surface area (Å²) in [6.07, 6.45) is 5.72. The number of nitrogens with one attached hydrogen (secondary N) is 2. The van der Waals surface area contributed by atoms with Gasteiger partial charge in [0.05, 0.1) is 12.5 Å². The van der Waals surface area contributed by atoms with Gasteiger partial charge >= 0.3 is 0 Å². The molecule has 0 radical (unpaired) electrons. The Labute approximate surface area is 120 Å². The van der Waals surface area contributed by atoms with Gasteiger partial charge in [-0.05, 0) is 39.3 Å². The highest BCUT2D eigenvalue weighted by Gasteiger charge is 2.28. The van der Waals surface area contributed by atoms with Crippen molar-refractivity contribution >= 4 is 18.3 Å². The molecule has 0 saturated carbocycles. The molecule has 19 heavy (non-hydrogen) atoms. The number of halogens is 1. The predicted octanol–water partition coefficient (Wildman–Crippen LogP) is 1.20. The van der Waals surface area contributed by atoms with E-state index in [-0.39, 0.29) is 36.3 Å². The molecule has 3 atom stereocenters. The molecule has 6 heteroatoms. The molecule has 1 saturated heterocycles.